The van der Waals surface area contributed by atoms with Gasteiger partial charge in [0, 0.05) is 43.3 Å². The molecule has 2 N–H and O–H groups in total. The van der Waals surface area contributed by atoms with Gasteiger partial charge in [-0.2, -0.15) is 0 Å². The standard InChI is InChI=1S/C20H25N5S/c1-2-21-20(24-15-18-9-6-14-26-18)23-11-10-19-22-12-13-25(19)16-17-7-4-3-5-8-17/h3-9,12-14H,2,10-11,15-16H2,1H3,(H2,21,23,24). The highest BCUT2D eigenvalue weighted by molar-refractivity contribution is 7.09. The maximum Gasteiger partial charge on any atom is 0.191 e. The van der Waals surface area contributed by atoms with E-state index < -0.39 is 0 Å². The number of benzene rings is 1. The number of rotatable bonds is 8. The van der Waals surface area contributed by atoms with Gasteiger partial charge in [-0.1, -0.05) is 36.4 Å². The van der Waals surface area contributed by atoms with Gasteiger partial charge in [-0.25, -0.2) is 9.98 Å². The molecule has 2 aromatic heterocycles. The Morgan fingerprint density at radius 2 is 2.04 bits per heavy atom. The first-order valence-electron chi connectivity index (χ1n) is 8.93. The number of hydrogen-bond acceptors (Lipinski definition) is 3. The monoisotopic (exact) mass is 367 g/mol. The fourth-order valence-corrected chi connectivity index (χ4v) is 3.31. The van der Waals surface area contributed by atoms with Crippen LogP contribution >= 0.6 is 11.3 Å². The Kier molecular flexibility index (Phi) is 6.84. The summed E-state index contributed by atoms with van der Waals surface area (Å²) < 4.78 is 2.20. The summed E-state index contributed by atoms with van der Waals surface area (Å²) in [5.74, 6) is 1.93. The first kappa shape index (κ1) is 18.2. The molecule has 0 spiro atoms. The Hall–Kier alpha value is -2.60. The van der Waals surface area contributed by atoms with E-state index in [1.54, 1.807) is 11.3 Å². The summed E-state index contributed by atoms with van der Waals surface area (Å²) in [6.45, 7) is 5.27. The molecule has 0 radical (unpaired) electrons. The Labute approximate surface area is 158 Å². The highest BCUT2D eigenvalue weighted by Crippen LogP contribution is 2.09. The first-order valence-corrected chi connectivity index (χ1v) is 9.81. The van der Waals surface area contributed by atoms with E-state index in [1.165, 1.54) is 10.4 Å². The number of aromatic nitrogens is 2. The van der Waals surface area contributed by atoms with Crippen LogP contribution in [0.25, 0.3) is 0 Å². The zero-order valence-electron chi connectivity index (χ0n) is 15.1. The summed E-state index contributed by atoms with van der Waals surface area (Å²) in [6, 6.07) is 14.6. The van der Waals surface area contributed by atoms with Gasteiger partial charge >= 0.3 is 0 Å². The van der Waals surface area contributed by atoms with E-state index in [4.69, 9.17) is 0 Å². The summed E-state index contributed by atoms with van der Waals surface area (Å²) in [6.07, 6.45) is 4.76. The van der Waals surface area contributed by atoms with Gasteiger partial charge in [0.1, 0.15) is 5.82 Å². The lowest BCUT2D eigenvalue weighted by Crippen LogP contribution is -2.38. The largest absolute Gasteiger partial charge is 0.357 e. The molecule has 6 heteroatoms. The van der Waals surface area contributed by atoms with Crippen molar-refractivity contribution in [2.75, 3.05) is 13.1 Å². The van der Waals surface area contributed by atoms with Crippen molar-refractivity contribution in [3.05, 3.63) is 76.5 Å². The summed E-state index contributed by atoms with van der Waals surface area (Å²) in [5, 5.41) is 8.78. The van der Waals surface area contributed by atoms with Crippen LogP contribution < -0.4 is 10.6 Å². The highest BCUT2D eigenvalue weighted by atomic mass is 32.1. The van der Waals surface area contributed by atoms with Crippen molar-refractivity contribution in [1.29, 1.82) is 0 Å². The van der Waals surface area contributed by atoms with Crippen LogP contribution in [0.1, 0.15) is 23.2 Å². The zero-order valence-corrected chi connectivity index (χ0v) is 15.9. The Morgan fingerprint density at radius 3 is 2.81 bits per heavy atom. The molecule has 0 aliphatic heterocycles. The number of thiophene rings is 1. The van der Waals surface area contributed by atoms with Crippen molar-refractivity contribution >= 4 is 17.3 Å². The smallest absolute Gasteiger partial charge is 0.191 e. The van der Waals surface area contributed by atoms with Crippen molar-refractivity contribution in [2.45, 2.75) is 26.4 Å². The van der Waals surface area contributed by atoms with Crippen molar-refractivity contribution in [2.24, 2.45) is 4.99 Å². The molecule has 3 aromatic rings. The number of hydrogen-bond donors (Lipinski definition) is 2. The normalized spacial score (nSPS) is 11.5. The fourth-order valence-electron chi connectivity index (χ4n) is 2.69. The predicted molar refractivity (Wildman–Crippen MR) is 109 cm³/mol. The molecule has 0 aliphatic rings. The number of nitrogens with zero attached hydrogens (tertiary/aromatic N) is 3. The maximum absolute atomic E-state index is 4.64. The summed E-state index contributed by atoms with van der Waals surface area (Å²) in [7, 11) is 0. The molecular formula is C20H25N5S. The van der Waals surface area contributed by atoms with Crippen molar-refractivity contribution < 1.29 is 0 Å². The van der Waals surface area contributed by atoms with Gasteiger partial charge in [0.05, 0.1) is 6.54 Å². The van der Waals surface area contributed by atoms with E-state index in [9.17, 15) is 0 Å². The fraction of sp³-hybridized carbons (Fsp3) is 0.300. The maximum atomic E-state index is 4.64. The van der Waals surface area contributed by atoms with Crippen molar-refractivity contribution in [1.82, 2.24) is 20.2 Å². The quantitative estimate of drug-likeness (QED) is 0.474. The molecule has 136 valence electrons. The summed E-state index contributed by atoms with van der Waals surface area (Å²) in [4.78, 5) is 10.4. The third-order valence-electron chi connectivity index (χ3n) is 3.96. The van der Waals surface area contributed by atoms with Crippen LogP contribution in [0.3, 0.4) is 0 Å². The number of imidazole rings is 1. The lowest BCUT2D eigenvalue weighted by atomic mass is 10.2. The van der Waals surface area contributed by atoms with Gasteiger partial charge in [0.15, 0.2) is 5.96 Å². The molecule has 5 nitrogen and oxygen atoms in total. The van der Waals surface area contributed by atoms with Crippen LogP contribution in [0.2, 0.25) is 0 Å². The Morgan fingerprint density at radius 1 is 1.15 bits per heavy atom. The third-order valence-corrected chi connectivity index (χ3v) is 4.82. The van der Waals surface area contributed by atoms with Gasteiger partial charge in [-0.15, -0.1) is 11.3 Å². The molecule has 3 rings (SSSR count). The molecule has 26 heavy (non-hydrogen) atoms. The van der Waals surface area contributed by atoms with Gasteiger partial charge in [0.2, 0.25) is 0 Å². The number of nitrogens with one attached hydrogen (secondary N) is 2. The first-order chi connectivity index (χ1) is 12.8. The van der Waals surface area contributed by atoms with Gasteiger partial charge < -0.3 is 15.2 Å². The van der Waals surface area contributed by atoms with E-state index in [-0.39, 0.29) is 0 Å². The zero-order chi connectivity index (χ0) is 18.0. The molecule has 0 atom stereocenters. The molecule has 0 amide bonds. The van der Waals surface area contributed by atoms with E-state index in [2.05, 4.69) is 73.9 Å². The van der Waals surface area contributed by atoms with Crippen LogP contribution in [0.5, 0.6) is 0 Å². The van der Waals surface area contributed by atoms with Crippen LogP contribution in [0.15, 0.2) is 65.2 Å². The van der Waals surface area contributed by atoms with Crippen LogP contribution in [-0.2, 0) is 19.5 Å². The average molecular weight is 368 g/mol. The molecular weight excluding hydrogens is 342 g/mol. The van der Waals surface area contributed by atoms with Gasteiger partial charge in [-0.05, 0) is 23.9 Å². The second-order valence-electron chi connectivity index (χ2n) is 5.91. The Bertz CT molecular complexity index is 793. The second kappa shape index (κ2) is 9.77. The SMILES string of the molecule is CCNC(=NCc1cccs1)NCCc1nccn1Cc1ccccc1. The lowest BCUT2D eigenvalue weighted by molar-refractivity contribution is 0.694. The van der Waals surface area contributed by atoms with E-state index in [0.29, 0.717) is 6.54 Å². The van der Waals surface area contributed by atoms with Gasteiger partial charge in [-0.3, -0.25) is 0 Å². The molecule has 0 fully saturated rings. The van der Waals surface area contributed by atoms with Crippen LogP contribution in [-0.4, -0.2) is 28.6 Å². The molecule has 2 heterocycles. The minimum absolute atomic E-state index is 0.704. The topological polar surface area (TPSA) is 54.2 Å². The van der Waals surface area contributed by atoms with E-state index in [0.717, 1.165) is 37.8 Å². The van der Waals surface area contributed by atoms with E-state index >= 15 is 0 Å². The summed E-state index contributed by atoms with van der Waals surface area (Å²) >= 11 is 1.73. The average Bonchev–Trinajstić information content (AvgIpc) is 3.33. The van der Waals surface area contributed by atoms with Crippen molar-refractivity contribution in [3.8, 4) is 0 Å². The molecule has 0 aliphatic carbocycles. The third kappa shape index (κ3) is 5.46. The minimum Gasteiger partial charge on any atom is -0.357 e. The lowest BCUT2D eigenvalue weighted by Gasteiger charge is -2.12. The van der Waals surface area contributed by atoms with Gasteiger partial charge in [0.25, 0.3) is 0 Å². The molecule has 0 bridgehead atoms. The number of guanidine groups is 1. The molecule has 1 aromatic carbocycles. The summed E-state index contributed by atoms with van der Waals surface area (Å²) in [5.41, 5.74) is 1.28. The Balaban J connectivity index is 1.53. The van der Waals surface area contributed by atoms with Crippen LogP contribution in [0, 0.1) is 0 Å². The molecule has 0 unspecified atom stereocenters. The van der Waals surface area contributed by atoms with E-state index in [1.807, 2.05) is 18.5 Å². The predicted octanol–water partition coefficient (Wildman–Crippen LogP) is 3.29. The number of aliphatic imine (C=N–C) groups is 1. The van der Waals surface area contributed by atoms with Crippen LogP contribution in [0.4, 0.5) is 0 Å². The molecule has 0 saturated heterocycles. The second-order valence-corrected chi connectivity index (χ2v) is 6.94. The van der Waals surface area contributed by atoms with Crippen molar-refractivity contribution in [3.63, 3.8) is 0 Å². The molecule has 0 saturated carbocycles. The minimum atomic E-state index is 0.704. The highest BCUT2D eigenvalue weighted by Gasteiger charge is 2.05.